The molecule has 2 rings (SSSR count). The minimum absolute atomic E-state index is 0.154. The van der Waals surface area contributed by atoms with Crippen LogP contribution in [-0.4, -0.2) is 24.2 Å². The van der Waals surface area contributed by atoms with Crippen LogP contribution in [0.1, 0.15) is 64.5 Å². The monoisotopic (exact) mass is 301 g/mol. The highest BCUT2D eigenvalue weighted by Gasteiger charge is 2.35. The van der Waals surface area contributed by atoms with Crippen LogP contribution in [0, 0.1) is 0 Å². The lowest BCUT2D eigenvalue weighted by molar-refractivity contribution is -0.118. The van der Waals surface area contributed by atoms with E-state index in [0.717, 1.165) is 24.9 Å². The van der Waals surface area contributed by atoms with E-state index in [1.165, 1.54) is 18.2 Å². The molecule has 4 nitrogen and oxygen atoms in total. The second-order valence-corrected chi connectivity index (χ2v) is 6.81. The molecule has 120 valence electrons. The number of hydrogen-bond donors (Lipinski definition) is 1. The van der Waals surface area contributed by atoms with E-state index in [4.69, 9.17) is 0 Å². The quantitative estimate of drug-likeness (QED) is 0.681. The summed E-state index contributed by atoms with van der Waals surface area (Å²) >= 11 is 0. The molecule has 0 spiro atoms. The summed E-state index contributed by atoms with van der Waals surface area (Å²) in [6.45, 7) is 11.7. The van der Waals surface area contributed by atoms with Crippen molar-refractivity contribution in [1.82, 2.24) is 5.43 Å². The number of anilines is 1. The number of nitrogens with zero attached hydrogens (tertiary/aromatic N) is 2. The van der Waals surface area contributed by atoms with Gasteiger partial charge in [-0.15, -0.1) is 0 Å². The number of carbonyl (C=O) groups excluding carboxylic acids is 1. The fraction of sp³-hybridized carbons (Fsp3) is 0.556. The third-order valence-electron chi connectivity index (χ3n) is 4.29. The first-order chi connectivity index (χ1) is 10.3. The Hall–Kier alpha value is -1.84. The van der Waals surface area contributed by atoms with Crippen molar-refractivity contribution in [3.8, 4) is 0 Å². The van der Waals surface area contributed by atoms with E-state index in [0.29, 0.717) is 5.92 Å². The molecule has 1 aliphatic rings. The van der Waals surface area contributed by atoms with Crippen molar-refractivity contribution in [3.63, 3.8) is 0 Å². The number of benzene rings is 1. The molecule has 0 bridgehead atoms. The predicted molar refractivity (Wildman–Crippen MR) is 92.6 cm³/mol. The van der Waals surface area contributed by atoms with E-state index >= 15 is 0 Å². The summed E-state index contributed by atoms with van der Waals surface area (Å²) in [6, 6.07) is 6.46. The highest BCUT2D eigenvalue weighted by Crippen LogP contribution is 2.43. The summed E-state index contributed by atoms with van der Waals surface area (Å²) in [5, 5.41) is 3.96. The van der Waals surface area contributed by atoms with Gasteiger partial charge in [0.2, 0.25) is 5.91 Å². The third kappa shape index (κ3) is 3.49. The van der Waals surface area contributed by atoms with Gasteiger partial charge in [-0.3, -0.25) is 4.79 Å². The Balaban J connectivity index is 2.33. The number of hydrazone groups is 1. The molecule has 1 N–H and O–H groups in total. The Morgan fingerprint density at radius 3 is 2.86 bits per heavy atom. The fourth-order valence-corrected chi connectivity index (χ4v) is 3.43. The molecule has 0 aliphatic carbocycles. The average molecular weight is 301 g/mol. The maximum Gasteiger partial charge on any atom is 0.236 e. The lowest BCUT2D eigenvalue weighted by atomic mass is 9.79. The molecule has 0 radical (unpaired) electrons. The molecule has 0 saturated heterocycles. The first-order valence-corrected chi connectivity index (χ1v) is 8.06. The van der Waals surface area contributed by atoms with Gasteiger partial charge in [-0.05, 0) is 55.9 Å². The van der Waals surface area contributed by atoms with Crippen LogP contribution in [0.3, 0.4) is 0 Å². The highest BCUT2D eigenvalue weighted by atomic mass is 16.2. The zero-order chi connectivity index (χ0) is 16.3. The number of rotatable bonds is 4. The first-order valence-electron chi connectivity index (χ1n) is 8.06. The van der Waals surface area contributed by atoms with Crippen molar-refractivity contribution in [2.24, 2.45) is 5.10 Å². The number of amides is 1. The summed E-state index contributed by atoms with van der Waals surface area (Å²) in [7, 11) is 0. The number of fused-ring (bicyclic) bond motifs is 1. The van der Waals surface area contributed by atoms with E-state index in [2.05, 4.69) is 61.3 Å². The van der Waals surface area contributed by atoms with Crippen LogP contribution >= 0.6 is 0 Å². The van der Waals surface area contributed by atoms with Crippen LogP contribution in [0.2, 0.25) is 0 Å². The Labute approximate surface area is 133 Å². The van der Waals surface area contributed by atoms with Gasteiger partial charge in [0.1, 0.15) is 0 Å². The van der Waals surface area contributed by atoms with Crippen molar-refractivity contribution in [1.29, 1.82) is 0 Å². The van der Waals surface area contributed by atoms with E-state index in [-0.39, 0.29) is 11.4 Å². The zero-order valence-electron chi connectivity index (χ0n) is 14.3. The Morgan fingerprint density at radius 1 is 1.50 bits per heavy atom. The molecular weight excluding hydrogens is 274 g/mol. The molecule has 4 heteroatoms. The maximum atomic E-state index is 10.9. The number of carbonyl (C=O) groups is 1. The summed E-state index contributed by atoms with van der Waals surface area (Å²) in [4.78, 5) is 13.4. The summed E-state index contributed by atoms with van der Waals surface area (Å²) in [6.07, 6.45) is 3.99. The van der Waals surface area contributed by atoms with E-state index in [9.17, 15) is 4.79 Å². The lowest BCUT2D eigenvalue weighted by Gasteiger charge is -2.47. The first kappa shape index (κ1) is 16.5. The van der Waals surface area contributed by atoms with Gasteiger partial charge in [-0.1, -0.05) is 19.9 Å². The Bertz CT molecular complexity index is 578. The lowest BCUT2D eigenvalue weighted by Crippen LogP contribution is -2.48. The standard InChI is InChI=1S/C18H27N3O/c1-6-9-21-17-8-7-15(12-19-20-14(3)22)10-16(17)13(2)11-18(21,4)5/h7-8,10,12-13H,6,9,11H2,1-5H3,(H,20,22)/b19-12-. The third-order valence-corrected chi connectivity index (χ3v) is 4.29. The van der Waals surface area contributed by atoms with E-state index < -0.39 is 0 Å². The van der Waals surface area contributed by atoms with Crippen LogP contribution in [-0.2, 0) is 4.79 Å². The molecule has 1 unspecified atom stereocenters. The van der Waals surface area contributed by atoms with Crippen LogP contribution in [0.15, 0.2) is 23.3 Å². The minimum atomic E-state index is -0.154. The molecule has 1 aromatic rings. The van der Waals surface area contributed by atoms with Gasteiger partial charge in [-0.2, -0.15) is 5.10 Å². The Kier molecular flexibility index (Phi) is 4.89. The fourth-order valence-electron chi connectivity index (χ4n) is 3.43. The second kappa shape index (κ2) is 6.51. The van der Waals surface area contributed by atoms with E-state index in [1.807, 2.05) is 0 Å². The van der Waals surface area contributed by atoms with E-state index in [1.54, 1.807) is 6.21 Å². The van der Waals surface area contributed by atoms with Gasteiger partial charge in [0.05, 0.1) is 6.21 Å². The van der Waals surface area contributed by atoms with Crippen molar-refractivity contribution in [3.05, 3.63) is 29.3 Å². The average Bonchev–Trinajstić information content (AvgIpc) is 2.43. The van der Waals surface area contributed by atoms with Crippen molar-refractivity contribution in [2.45, 2.75) is 58.9 Å². The normalized spacial score (nSPS) is 20.0. The van der Waals surface area contributed by atoms with Gasteiger partial charge >= 0.3 is 0 Å². The van der Waals surface area contributed by atoms with Crippen LogP contribution in [0.4, 0.5) is 5.69 Å². The molecule has 0 aromatic heterocycles. The molecule has 1 aromatic carbocycles. The summed E-state index contributed by atoms with van der Waals surface area (Å²) in [5.41, 5.74) is 6.37. The van der Waals surface area contributed by atoms with Crippen LogP contribution < -0.4 is 10.3 Å². The maximum absolute atomic E-state index is 10.9. The smallest absolute Gasteiger partial charge is 0.236 e. The van der Waals surface area contributed by atoms with Crippen LogP contribution in [0.25, 0.3) is 0 Å². The van der Waals surface area contributed by atoms with Crippen molar-refractivity contribution >= 4 is 17.8 Å². The molecule has 1 amide bonds. The zero-order valence-corrected chi connectivity index (χ0v) is 14.3. The van der Waals surface area contributed by atoms with Gasteiger partial charge in [0, 0.05) is 24.7 Å². The van der Waals surface area contributed by atoms with Gasteiger partial charge < -0.3 is 4.90 Å². The summed E-state index contributed by atoms with van der Waals surface area (Å²) < 4.78 is 0. The van der Waals surface area contributed by atoms with Gasteiger partial charge in [-0.25, -0.2) is 5.43 Å². The number of hydrogen-bond acceptors (Lipinski definition) is 3. The molecule has 0 saturated carbocycles. The van der Waals surface area contributed by atoms with Gasteiger partial charge in [0.25, 0.3) is 0 Å². The van der Waals surface area contributed by atoms with Crippen LogP contribution in [0.5, 0.6) is 0 Å². The molecule has 22 heavy (non-hydrogen) atoms. The number of nitrogens with one attached hydrogen (secondary N) is 1. The van der Waals surface area contributed by atoms with Crippen molar-refractivity contribution in [2.75, 3.05) is 11.4 Å². The second-order valence-electron chi connectivity index (χ2n) is 6.81. The molecule has 1 atom stereocenters. The molecule has 1 aliphatic heterocycles. The van der Waals surface area contributed by atoms with Crippen molar-refractivity contribution < 1.29 is 4.79 Å². The molecular formula is C18H27N3O. The van der Waals surface area contributed by atoms with Gasteiger partial charge in [0.15, 0.2) is 0 Å². The SMILES string of the molecule is CCCN1c2ccc(/C=N\NC(C)=O)cc2C(C)CC1(C)C. The Morgan fingerprint density at radius 2 is 2.23 bits per heavy atom. The minimum Gasteiger partial charge on any atom is -0.366 e. The largest absolute Gasteiger partial charge is 0.366 e. The molecule has 0 fully saturated rings. The predicted octanol–water partition coefficient (Wildman–Crippen LogP) is 3.66. The molecule has 1 heterocycles. The summed E-state index contributed by atoms with van der Waals surface area (Å²) in [5.74, 6) is 0.366. The topological polar surface area (TPSA) is 44.7 Å². The highest BCUT2D eigenvalue weighted by molar-refractivity contribution is 5.83.